The highest BCUT2D eigenvalue weighted by molar-refractivity contribution is 5.47. The van der Waals surface area contributed by atoms with Crippen LogP contribution in [0.15, 0.2) is 18.3 Å². The van der Waals surface area contributed by atoms with Crippen molar-refractivity contribution in [1.29, 1.82) is 0 Å². The first kappa shape index (κ1) is 15.3. The Morgan fingerprint density at radius 1 is 1.55 bits per heavy atom. The van der Waals surface area contributed by atoms with Crippen LogP contribution in [-0.4, -0.2) is 36.8 Å². The summed E-state index contributed by atoms with van der Waals surface area (Å²) < 4.78 is 5.91. The van der Waals surface area contributed by atoms with E-state index in [2.05, 4.69) is 22.9 Å². The zero-order chi connectivity index (χ0) is 14.4. The predicted octanol–water partition coefficient (Wildman–Crippen LogP) is 2.37. The number of nitrogens with two attached hydrogens (primary N) is 1. The molecular formula is C16H27N3O. The van der Waals surface area contributed by atoms with E-state index in [0.717, 1.165) is 44.8 Å². The number of ether oxygens (including phenoxy) is 1. The third kappa shape index (κ3) is 4.18. The molecule has 2 unspecified atom stereocenters. The Labute approximate surface area is 122 Å². The molecule has 0 aromatic carbocycles. The number of rotatable bonds is 6. The molecule has 1 fully saturated rings. The van der Waals surface area contributed by atoms with E-state index in [1.54, 1.807) is 0 Å². The van der Waals surface area contributed by atoms with Gasteiger partial charge in [-0.15, -0.1) is 0 Å². The first-order valence-corrected chi connectivity index (χ1v) is 7.76. The molecule has 0 radical (unpaired) electrons. The molecule has 1 aliphatic heterocycles. The van der Waals surface area contributed by atoms with Crippen LogP contribution in [0.3, 0.4) is 0 Å². The van der Waals surface area contributed by atoms with Crippen LogP contribution in [0.1, 0.15) is 38.7 Å². The summed E-state index contributed by atoms with van der Waals surface area (Å²) in [6.45, 7) is 7.06. The lowest BCUT2D eigenvalue weighted by Gasteiger charge is -2.34. The molecule has 0 saturated carbocycles. The van der Waals surface area contributed by atoms with Gasteiger partial charge in [0.2, 0.25) is 0 Å². The molecule has 0 aliphatic carbocycles. The van der Waals surface area contributed by atoms with E-state index in [0.29, 0.717) is 6.10 Å². The second kappa shape index (κ2) is 7.60. The second-order valence-corrected chi connectivity index (χ2v) is 5.75. The average Bonchev–Trinajstić information content (AvgIpc) is 2.45. The molecular weight excluding hydrogens is 250 g/mol. The molecule has 0 spiro atoms. The van der Waals surface area contributed by atoms with Gasteiger partial charge in [0.25, 0.3) is 0 Å². The Hall–Kier alpha value is -1.13. The maximum Gasteiger partial charge on any atom is 0.131 e. The summed E-state index contributed by atoms with van der Waals surface area (Å²) in [6.07, 6.45) is 6.50. The van der Waals surface area contributed by atoms with Crippen molar-refractivity contribution in [1.82, 2.24) is 4.98 Å². The largest absolute Gasteiger partial charge is 0.376 e. The quantitative estimate of drug-likeness (QED) is 0.867. The van der Waals surface area contributed by atoms with Gasteiger partial charge in [0.15, 0.2) is 0 Å². The Balaban J connectivity index is 2.06. The number of aromatic nitrogens is 1. The van der Waals surface area contributed by atoms with Crippen molar-refractivity contribution in [2.24, 2.45) is 5.73 Å². The maximum absolute atomic E-state index is 5.94. The maximum atomic E-state index is 5.94. The minimum atomic E-state index is 0.162. The molecule has 1 saturated heterocycles. The van der Waals surface area contributed by atoms with E-state index in [9.17, 15) is 0 Å². The highest BCUT2D eigenvalue weighted by atomic mass is 16.5. The van der Waals surface area contributed by atoms with E-state index in [1.807, 2.05) is 19.2 Å². The van der Waals surface area contributed by atoms with Crippen molar-refractivity contribution in [3.05, 3.63) is 23.9 Å². The van der Waals surface area contributed by atoms with Gasteiger partial charge in [0.05, 0.1) is 6.10 Å². The van der Waals surface area contributed by atoms with Gasteiger partial charge in [-0.2, -0.15) is 0 Å². The minimum absolute atomic E-state index is 0.162. The van der Waals surface area contributed by atoms with Gasteiger partial charge in [0, 0.05) is 31.9 Å². The summed E-state index contributed by atoms with van der Waals surface area (Å²) in [5.74, 6) is 1.09. The third-order valence-electron chi connectivity index (χ3n) is 3.64. The fraction of sp³-hybridized carbons (Fsp3) is 0.688. The zero-order valence-corrected chi connectivity index (χ0v) is 12.7. The Morgan fingerprint density at radius 2 is 2.40 bits per heavy atom. The summed E-state index contributed by atoms with van der Waals surface area (Å²) in [4.78, 5) is 6.95. The van der Waals surface area contributed by atoms with E-state index < -0.39 is 0 Å². The van der Waals surface area contributed by atoms with Crippen molar-refractivity contribution in [3.8, 4) is 0 Å². The topological polar surface area (TPSA) is 51.4 Å². The van der Waals surface area contributed by atoms with Crippen LogP contribution in [0.5, 0.6) is 0 Å². The van der Waals surface area contributed by atoms with Gasteiger partial charge in [-0.25, -0.2) is 4.98 Å². The van der Waals surface area contributed by atoms with Crippen LogP contribution in [0, 0.1) is 0 Å². The lowest BCUT2D eigenvalue weighted by Crippen LogP contribution is -2.41. The molecule has 0 amide bonds. The molecule has 20 heavy (non-hydrogen) atoms. The van der Waals surface area contributed by atoms with Crippen molar-refractivity contribution in [3.63, 3.8) is 0 Å². The first-order chi connectivity index (χ1) is 9.70. The number of piperidine rings is 1. The monoisotopic (exact) mass is 277 g/mol. The molecule has 0 bridgehead atoms. The summed E-state index contributed by atoms with van der Waals surface area (Å²) in [7, 11) is 0. The van der Waals surface area contributed by atoms with E-state index in [1.165, 1.54) is 12.0 Å². The number of anilines is 1. The summed E-state index contributed by atoms with van der Waals surface area (Å²) in [5.41, 5.74) is 7.19. The highest BCUT2D eigenvalue weighted by Crippen LogP contribution is 2.23. The van der Waals surface area contributed by atoms with Gasteiger partial charge in [-0.05, 0) is 44.2 Å². The van der Waals surface area contributed by atoms with Crippen LogP contribution in [-0.2, 0) is 11.2 Å². The summed E-state index contributed by atoms with van der Waals surface area (Å²) >= 11 is 0. The second-order valence-electron chi connectivity index (χ2n) is 5.75. The Morgan fingerprint density at radius 3 is 3.15 bits per heavy atom. The molecule has 2 N–H and O–H groups in total. The molecule has 112 valence electrons. The predicted molar refractivity (Wildman–Crippen MR) is 83.1 cm³/mol. The third-order valence-corrected chi connectivity index (χ3v) is 3.64. The molecule has 1 aromatic rings. The van der Waals surface area contributed by atoms with E-state index in [4.69, 9.17) is 10.5 Å². The summed E-state index contributed by atoms with van der Waals surface area (Å²) in [5, 5.41) is 0. The van der Waals surface area contributed by atoms with Crippen molar-refractivity contribution in [2.75, 3.05) is 24.6 Å². The number of pyridine rings is 1. The van der Waals surface area contributed by atoms with Gasteiger partial charge < -0.3 is 15.4 Å². The molecule has 4 heteroatoms. The number of nitrogens with zero attached hydrogens (tertiary/aromatic N) is 2. The van der Waals surface area contributed by atoms with Crippen LogP contribution < -0.4 is 10.6 Å². The van der Waals surface area contributed by atoms with Crippen molar-refractivity contribution in [2.45, 2.75) is 51.7 Å². The molecule has 1 aliphatic rings. The van der Waals surface area contributed by atoms with Crippen molar-refractivity contribution >= 4 is 5.82 Å². The van der Waals surface area contributed by atoms with Crippen LogP contribution in [0.25, 0.3) is 0 Å². The normalized spacial score (nSPS) is 20.9. The van der Waals surface area contributed by atoms with Gasteiger partial charge >= 0.3 is 0 Å². The van der Waals surface area contributed by atoms with Crippen LogP contribution >= 0.6 is 0 Å². The fourth-order valence-electron chi connectivity index (χ4n) is 2.77. The minimum Gasteiger partial charge on any atom is -0.376 e. The van der Waals surface area contributed by atoms with Gasteiger partial charge in [-0.3, -0.25) is 0 Å². The number of hydrogen-bond donors (Lipinski definition) is 1. The zero-order valence-electron chi connectivity index (χ0n) is 12.7. The smallest absolute Gasteiger partial charge is 0.131 e. The Kier molecular flexibility index (Phi) is 5.80. The van der Waals surface area contributed by atoms with Crippen LogP contribution in [0.2, 0.25) is 0 Å². The summed E-state index contributed by atoms with van der Waals surface area (Å²) in [6, 6.07) is 4.30. The fourth-order valence-corrected chi connectivity index (χ4v) is 2.77. The highest BCUT2D eigenvalue weighted by Gasteiger charge is 2.23. The lowest BCUT2D eigenvalue weighted by molar-refractivity contribution is 0.0439. The molecule has 4 nitrogen and oxygen atoms in total. The van der Waals surface area contributed by atoms with E-state index in [-0.39, 0.29) is 6.04 Å². The van der Waals surface area contributed by atoms with Gasteiger partial charge in [0.1, 0.15) is 5.82 Å². The molecule has 2 rings (SSSR count). The SMILES string of the molecule is CCCOC1CCCN(c2ncccc2CC(C)N)C1. The van der Waals surface area contributed by atoms with Crippen molar-refractivity contribution < 1.29 is 4.74 Å². The van der Waals surface area contributed by atoms with E-state index >= 15 is 0 Å². The number of hydrogen-bond acceptors (Lipinski definition) is 4. The first-order valence-electron chi connectivity index (χ1n) is 7.76. The van der Waals surface area contributed by atoms with Gasteiger partial charge in [-0.1, -0.05) is 13.0 Å². The lowest BCUT2D eigenvalue weighted by atomic mass is 10.0. The van der Waals surface area contributed by atoms with Crippen LogP contribution in [0.4, 0.5) is 5.82 Å². The average molecular weight is 277 g/mol. The molecule has 1 aromatic heterocycles. The standard InChI is InChI=1S/C16H27N3O/c1-3-10-20-15-7-5-9-19(12-15)16-14(11-13(2)17)6-4-8-18-16/h4,6,8,13,15H,3,5,7,9-12,17H2,1-2H3. The molecule has 2 heterocycles. The molecule has 2 atom stereocenters. The Bertz CT molecular complexity index is 408.